The molecule has 5 aliphatic heterocycles. The zero-order valence-corrected chi connectivity index (χ0v) is 41.8. The van der Waals surface area contributed by atoms with Crippen LogP contribution in [0.3, 0.4) is 0 Å². The van der Waals surface area contributed by atoms with Gasteiger partial charge in [0.2, 0.25) is 6.54 Å². The number of piperidine rings is 2. The summed E-state index contributed by atoms with van der Waals surface area (Å²) in [6, 6.07) is 11.3. The number of piperazine rings is 1. The number of halogens is 3. The van der Waals surface area contributed by atoms with E-state index in [2.05, 4.69) is 38.8 Å². The molecular weight excluding hydrogens is 940 g/mol. The number of pyridine rings is 2. The lowest BCUT2D eigenvalue weighted by Gasteiger charge is -2.42. The van der Waals surface area contributed by atoms with Crippen LogP contribution in [0.4, 0.5) is 18.9 Å². The molecule has 2 amide bonds. The van der Waals surface area contributed by atoms with Gasteiger partial charge in [0.15, 0.2) is 11.9 Å². The summed E-state index contributed by atoms with van der Waals surface area (Å²) in [6.45, 7) is 11.2. The number of imidazole rings is 1. The number of amides is 2. The molecule has 73 heavy (non-hydrogen) atoms. The maximum absolute atomic E-state index is 15.9. The van der Waals surface area contributed by atoms with Crippen LogP contribution in [0.15, 0.2) is 70.5 Å². The molecule has 0 saturated carbocycles. The van der Waals surface area contributed by atoms with Crippen molar-refractivity contribution >= 4 is 45.1 Å². The van der Waals surface area contributed by atoms with E-state index in [0.29, 0.717) is 115 Å². The summed E-state index contributed by atoms with van der Waals surface area (Å²) in [5.41, 5.74) is 5.14. The van der Waals surface area contributed by atoms with E-state index in [9.17, 15) is 24.1 Å². The monoisotopic (exact) mass is 1000 g/mol. The molecular formula is C54H61F3N11O5+. The Morgan fingerprint density at radius 3 is 2.42 bits per heavy atom. The van der Waals surface area contributed by atoms with E-state index in [1.54, 1.807) is 28.8 Å². The van der Waals surface area contributed by atoms with E-state index in [0.717, 1.165) is 55.8 Å². The molecule has 0 aliphatic carbocycles. The van der Waals surface area contributed by atoms with E-state index in [-0.39, 0.29) is 46.6 Å². The number of hydrogen-bond acceptors (Lipinski definition) is 10. The SMILES string of the molecule is CC1CN(Cc2ccc3c(c2)n(C)c(=O)n3C2CCC[N+](=O)C2=O)CCN1CC1CCN(C(=O)c2cc(F)c(C3=CCN([C@@H](C)c4cc5c(-n6cc(F)c7c(c6=O)CCN7)ccnc5n4C)CC3)c(F)c2)CC1. The first kappa shape index (κ1) is 48.6. The Bertz CT molecular complexity index is 3360. The molecule has 16 nitrogen and oxygen atoms in total. The maximum atomic E-state index is 15.9. The Morgan fingerprint density at radius 2 is 1.68 bits per heavy atom. The number of rotatable bonds is 10. The highest BCUT2D eigenvalue weighted by Crippen LogP contribution is 2.35. The number of nitrogens with one attached hydrogen (secondary N) is 1. The lowest BCUT2D eigenvalue weighted by atomic mass is 9.93. The summed E-state index contributed by atoms with van der Waals surface area (Å²) >= 11 is 0. The Balaban J connectivity index is 0.681. The first-order valence-corrected chi connectivity index (χ1v) is 25.6. The molecule has 382 valence electrons. The van der Waals surface area contributed by atoms with Gasteiger partial charge in [-0.3, -0.25) is 38.0 Å². The summed E-state index contributed by atoms with van der Waals surface area (Å²) < 4.78 is 53.8. The molecule has 3 fully saturated rings. The highest BCUT2D eigenvalue weighted by Gasteiger charge is 2.40. The van der Waals surface area contributed by atoms with Crippen molar-refractivity contribution in [3.05, 3.63) is 132 Å². The number of fused-ring (bicyclic) bond motifs is 3. The number of nitrogens with zero attached hydrogens (tertiary/aromatic N) is 10. The van der Waals surface area contributed by atoms with Gasteiger partial charge in [-0.1, -0.05) is 12.1 Å². The van der Waals surface area contributed by atoms with Crippen LogP contribution >= 0.6 is 0 Å². The fraction of sp³-hybridized carbons (Fsp3) is 0.463. The molecule has 5 aliphatic rings. The van der Waals surface area contributed by atoms with Crippen molar-refractivity contribution in [3.63, 3.8) is 0 Å². The second kappa shape index (κ2) is 19.3. The topological polar surface area (TPSA) is 146 Å². The predicted molar refractivity (Wildman–Crippen MR) is 271 cm³/mol. The minimum atomic E-state index is -0.787. The van der Waals surface area contributed by atoms with E-state index < -0.39 is 29.4 Å². The first-order valence-electron chi connectivity index (χ1n) is 25.6. The van der Waals surface area contributed by atoms with E-state index in [1.165, 1.54) is 27.5 Å². The van der Waals surface area contributed by atoms with Crippen LogP contribution in [0.25, 0.3) is 33.3 Å². The summed E-state index contributed by atoms with van der Waals surface area (Å²) in [6.07, 6.45) is 8.14. The average Bonchev–Trinajstić information content (AvgIpc) is 4.09. The molecule has 19 heteroatoms. The molecule has 4 aromatic heterocycles. The number of aryl methyl sites for hydroxylation is 2. The second-order valence-corrected chi connectivity index (χ2v) is 20.8. The molecule has 1 N–H and O–H groups in total. The minimum Gasteiger partial charge on any atom is -0.382 e. The summed E-state index contributed by atoms with van der Waals surface area (Å²) in [5, 5.41) is 3.68. The molecule has 0 radical (unpaired) electrons. The smallest absolute Gasteiger partial charge is 0.382 e. The van der Waals surface area contributed by atoms with Crippen molar-refractivity contribution < 1.29 is 27.5 Å². The van der Waals surface area contributed by atoms with Crippen LogP contribution in [-0.4, -0.2) is 131 Å². The third-order valence-corrected chi connectivity index (χ3v) is 16.5. The van der Waals surface area contributed by atoms with E-state index >= 15 is 13.2 Å². The van der Waals surface area contributed by atoms with E-state index in [1.807, 2.05) is 42.0 Å². The van der Waals surface area contributed by atoms with Crippen LogP contribution in [0.2, 0.25) is 0 Å². The Kier molecular flexibility index (Phi) is 12.8. The number of anilines is 1. The summed E-state index contributed by atoms with van der Waals surface area (Å²) in [7, 11) is 3.60. The zero-order chi connectivity index (χ0) is 51.0. The largest absolute Gasteiger partial charge is 0.455 e. The Hall–Kier alpha value is -6.70. The molecule has 11 rings (SSSR count). The molecule has 3 saturated heterocycles. The maximum Gasteiger partial charge on any atom is 0.455 e. The fourth-order valence-electron chi connectivity index (χ4n) is 12.3. The fourth-order valence-corrected chi connectivity index (χ4v) is 12.3. The molecule has 0 bridgehead atoms. The molecule has 9 heterocycles. The van der Waals surface area contributed by atoms with E-state index in [4.69, 9.17) is 0 Å². The van der Waals surface area contributed by atoms with Gasteiger partial charge in [0.05, 0.1) is 33.4 Å². The molecule has 6 aromatic rings. The van der Waals surface area contributed by atoms with Gasteiger partial charge in [0.25, 0.3) is 11.5 Å². The Labute approximate surface area is 419 Å². The van der Waals surface area contributed by atoms with Crippen molar-refractivity contribution in [2.75, 3.05) is 70.8 Å². The summed E-state index contributed by atoms with van der Waals surface area (Å²) in [5.74, 6) is -2.55. The summed E-state index contributed by atoms with van der Waals surface area (Å²) in [4.78, 5) is 78.7. The first-order chi connectivity index (χ1) is 35.1. The molecule has 2 unspecified atom stereocenters. The van der Waals surface area contributed by atoms with Gasteiger partial charge in [-0.05, 0) is 99.4 Å². The number of nitroso groups, excluding NO2 is 1. The van der Waals surface area contributed by atoms with Crippen LogP contribution < -0.4 is 16.6 Å². The minimum absolute atomic E-state index is 0.00719. The molecule has 2 aromatic carbocycles. The van der Waals surface area contributed by atoms with Gasteiger partial charge < -0.3 is 14.8 Å². The van der Waals surface area contributed by atoms with Crippen LogP contribution in [0, 0.1) is 28.3 Å². The lowest BCUT2D eigenvalue weighted by molar-refractivity contribution is -0.480. The number of benzene rings is 2. The lowest BCUT2D eigenvalue weighted by Crippen LogP contribution is -2.53. The van der Waals surface area contributed by atoms with Crippen molar-refractivity contribution in [2.45, 2.75) is 77.0 Å². The van der Waals surface area contributed by atoms with Gasteiger partial charge in [-0.2, -0.15) is 0 Å². The van der Waals surface area contributed by atoms with Gasteiger partial charge in [-0.15, -0.1) is 0 Å². The third-order valence-electron chi connectivity index (χ3n) is 16.5. The van der Waals surface area contributed by atoms with Gasteiger partial charge in [0, 0.05) is 137 Å². The Morgan fingerprint density at radius 1 is 0.904 bits per heavy atom. The van der Waals surface area contributed by atoms with Crippen molar-refractivity contribution in [2.24, 2.45) is 20.0 Å². The van der Waals surface area contributed by atoms with Gasteiger partial charge in [0.1, 0.15) is 17.3 Å². The number of aromatic nitrogens is 5. The van der Waals surface area contributed by atoms with Gasteiger partial charge in [-0.25, -0.2) is 27.7 Å². The van der Waals surface area contributed by atoms with Crippen molar-refractivity contribution in [3.8, 4) is 5.69 Å². The molecule has 3 atom stereocenters. The standard InChI is InChI=1S/C54H60F3N11O5/c1-32-28-62(29-35-7-8-44-47(24-35)61(4)54(72)68(44)45-6-5-17-67(73)53(45)71)22-23-65(32)30-34-11-18-64(19-12-34)51(69)37-25-40(55)48(41(56)26-37)36-13-20-63(21-14-36)33(2)46-27-39-43(10-16-59-50(39)60(46)3)66-31-42(57)49-38(52(66)70)9-15-58-49/h7-8,10,13,16,24-27,31-34,45H,5-6,9,11-12,14-15,17-23,28-30H2,1-4H3/p+1/t32?,33-,45?/m0/s1. The van der Waals surface area contributed by atoms with Crippen LogP contribution in [0.1, 0.15) is 90.8 Å². The van der Waals surface area contributed by atoms with Crippen LogP contribution in [0.5, 0.6) is 0 Å². The van der Waals surface area contributed by atoms with Crippen molar-refractivity contribution in [1.29, 1.82) is 0 Å². The third kappa shape index (κ3) is 8.71. The zero-order valence-electron chi connectivity index (χ0n) is 41.8. The van der Waals surface area contributed by atoms with Gasteiger partial charge >= 0.3 is 11.6 Å². The normalized spacial score (nSPS) is 21.0. The number of hydrogen-bond donors (Lipinski definition) is 1. The average molecular weight is 1000 g/mol. The quantitative estimate of drug-likeness (QED) is 0.155. The highest BCUT2D eigenvalue weighted by molar-refractivity contribution is 5.95. The molecule has 0 spiro atoms. The highest BCUT2D eigenvalue weighted by atomic mass is 19.1. The van der Waals surface area contributed by atoms with Crippen LogP contribution in [-0.2, 0) is 31.9 Å². The number of carbonyl (C=O) groups excluding carboxylic acids is 2. The van der Waals surface area contributed by atoms with Crippen molar-refractivity contribution in [1.82, 2.24) is 42.9 Å². The number of likely N-dealkylation sites (tertiary alicyclic amines) is 1. The second-order valence-electron chi connectivity index (χ2n) is 20.8. The predicted octanol–water partition coefficient (Wildman–Crippen LogP) is 6.31. The number of carbonyl (C=O) groups is 2.